The molecule has 0 radical (unpaired) electrons. The van der Waals surface area contributed by atoms with Crippen LogP contribution in [-0.2, 0) is 6.18 Å². The van der Waals surface area contributed by atoms with Crippen LogP contribution < -0.4 is 5.32 Å². The molecule has 0 saturated carbocycles. The fourth-order valence-electron chi connectivity index (χ4n) is 2.20. The SMILES string of the molecule is CCCNc1nc2cc(C(F)(F)F)ccc2n2ccnc12. The van der Waals surface area contributed by atoms with Crippen LogP contribution in [0.15, 0.2) is 30.6 Å². The summed E-state index contributed by atoms with van der Waals surface area (Å²) in [6.45, 7) is 2.68. The van der Waals surface area contributed by atoms with Gasteiger partial charge in [-0.3, -0.25) is 4.40 Å². The first-order valence-electron chi connectivity index (χ1n) is 6.58. The second-order valence-corrected chi connectivity index (χ2v) is 4.71. The van der Waals surface area contributed by atoms with E-state index in [1.165, 1.54) is 6.07 Å². The molecule has 2 aromatic heterocycles. The highest BCUT2D eigenvalue weighted by molar-refractivity contribution is 5.83. The van der Waals surface area contributed by atoms with E-state index in [1.807, 2.05) is 6.92 Å². The van der Waals surface area contributed by atoms with E-state index in [2.05, 4.69) is 15.3 Å². The number of rotatable bonds is 3. The van der Waals surface area contributed by atoms with Crippen LogP contribution in [0.5, 0.6) is 0 Å². The molecule has 0 saturated heterocycles. The highest BCUT2D eigenvalue weighted by Crippen LogP contribution is 2.31. The molecule has 1 N–H and O–H groups in total. The van der Waals surface area contributed by atoms with Gasteiger partial charge >= 0.3 is 6.18 Å². The highest BCUT2D eigenvalue weighted by Gasteiger charge is 2.30. The Balaban J connectivity index is 2.24. The number of halogens is 3. The number of anilines is 1. The van der Waals surface area contributed by atoms with E-state index >= 15 is 0 Å². The summed E-state index contributed by atoms with van der Waals surface area (Å²) in [5.41, 5.74) is 0.783. The van der Waals surface area contributed by atoms with Crippen LogP contribution in [0.2, 0.25) is 0 Å². The van der Waals surface area contributed by atoms with Gasteiger partial charge in [-0.15, -0.1) is 0 Å². The van der Waals surface area contributed by atoms with Crippen molar-refractivity contribution in [3.05, 3.63) is 36.2 Å². The van der Waals surface area contributed by atoms with Gasteiger partial charge in [0.05, 0.1) is 16.6 Å². The standard InChI is InChI=1S/C14H13F3N4/c1-2-5-18-12-13-19-6-7-21(13)11-4-3-9(14(15,16)17)8-10(11)20-12/h3-4,6-8H,2,5H2,1H3,(H,18,20). The van der Waals surface area contributed by atoms with Crippen molar-refractivity contribution in [3.63, 3.8) is 0 Å². The van der Waals surface area contributed by atoms with E-state index in [1.54, 1.807) is 16.8 Å². The molecule has 0 fully saturated rings. The first-order valence-corrected chi connectivity index (χ1v) is 6.58. The number of nitrogens with one attached hydrogen (secondary N) is 1. The number of fused-ring (bicyclic) bond motifs is 3. The van der Waals surface area contributed by atoms with Crippen molar-refractivity contribution in [1.82, 2.24) is 14.4 Å². The number of hydrogen-bond acceptors (Lipinski definition) is 3. The molecule has 0 aliphatic heterocycles. The number of imidazole rings is 1. The molecule has 2 heterocycles. The normalized spacial score (nSPS) is 12.2. The summed E-state index contributed by atoms with van der Waals surface area (Å²) in [4.78, 5) is 8.50. The minimum atomic E-state index is -4.38. The second kappa shape index (κ2) is 4.91. The van der Waals surface area contributed by atoms with Crippen LogP contribution in [0.25, 0.3) is 16.7 Å². The molecule has 0 bridgehead atoms. The van der Waals surface area contributed by atoms with Crippen molar-refractivity contribution >= 4 is 22.5 Å². The highest BCUT2D eigenvalue weighted by atomic mass is 19.4. The van der Waals surface area contributed by atoms with Gasteiger partial charge in [0.1, 0.15) is 0 Å². The molecule has 110 valence electrons. The van der Waals surface area contributed by atoms with Gasteiger partial charge in [0.25, 0.3) is 0 Å². The maximum Gasteiger partial charge on any atom is 0.416 e. The lowest BCUT2D eigenvalue weighted by molar-refractivity contribution is -0.137. The second-order valence-electron chi connectivity index (χ2n) is 4.71. The lowest BCUT2D eigenvalue weighted by Gasteiger charge is -2.11. The predicted octanol–water partition coefficient (Wildman–Crippen LogP) is 3.72. The van der Waals surface area contributed by atoms with E-state index in [0.29, 0.717) is 23.5 Å². The van der Waals surface area contributed by atoms with E-state index in [4.69, 9.17) is 0 Å². The molecule has 1 aromatic carbocycles. The van der Waals surface area contributed by atoms with Gasteiger partial charge in [0.2, 0.25) is 0 Å². The topological polar surface area (TPSA) is 42.2 Å². The molecular formula is C14H13F3N4. The maximum absolute atomic E-state index is 12.8. The molecule has 0 unspecified atom stereocenters. The average molecular weight is 294 g/mol. The Morgan fingerprint density at radius 2 is 2.10 bits per heavy atom. The Morgan fingerprint density at radius 3 is 2.81 bits per heavy atom. The molecule has 21 heavy (non-hydrogen) atoms. The predicted molar refractivity (Wildman–Crippen MR) is 74.3 cm³/mol. The summed E-state index contributed by atoms with van der Waals surface area (Å²) >= 11 is 0. The van der Waals surface area contributed by atoms with E-state index in [0.717, 1.165) is 18.6 Å². The number of benzene rings is 1. The maximum atomic E-state index is 12.8. The van der Waals surface area contributed by atoms with Gasteiger partial charge < -0.3 is 5.32 Å². The van der Waals surface area contributed by atoms with Crippen LogP contribution in [0.1, 0.15) is 18.9 Å². The molecular weight excluding hydrogens is 281 g/mol. The van der Waals surface area contributed by atoms with Crippen LogP contribution in [0.4, 0.5) is 19.0 Å². The summed E-state index contributed by atoms with van der Waals surface area (Å²) in [5, 5.41) is 3.10. The summed E-state index contributed by atoms with van der Waals surface area (Å²) in [6.07, 6.45) is -0.180. The molecule has 0 atom stereocenters. The van der Waals surface area contributed by atoms with Crippen LogP contribution in [0, 0.1) is 0 Å². The molecule has 0 spiro atoms. The van der Waals surface area contributed by atoms with Crippen molar-refractivity contribution in [3.8, 4) is 0 Å². The van der Waals surface area contributed by atoms with Gasteiger partial charge in [0, 0.05) is 18.9 Å². The summed E-state index contributed by atoms with van der Waals surface area (Å²) in [6, 6.07) is 3.54. The lowest BCUT2D eigenvalue weighted by Crippen LogP contribution is -2.07. The zero-order valence-corrected chi connectivity index (χ0v) is 11.3. The van der Waals surface area contributed by atoms with Crippen molar-refractivity contribution < 1.29 is 13.2 Å². The first-order chi connectivity index (χ1) is 10.0. The third-order valence-corrected chi connectivity index (χ3v) is 3.19. The molecule has 0 aliphatic rings. The Labute approximate surface area is 118 Å². The average Bonchev–Trinajstić information content (AvgIpc) is 2.92. The van der Waals surface area contributed by atoms with E-state index in [-0.39, 0.29) is 5.52 Å². The molecule has 3 aromatic rings. The van der Waals surface area contributed by atoms with Gasteiger partial charge in [0.15, 0.2) is 11.5 Å². The smallest absolute Gasteiger partial charge is 0.367 e. The summed E-state index contributed by atoms with van der Waals surface area (Å²) in [7, 11) is 0. The molecule has 0 amide bonds. The number of aromatic nitrogens is 3. The summed E-state index contributed by atoms with van der Waals surface area (Å²) in [5.74, 6) is 0.494. The number of alkyl halides is 3. The van der Waals surface area contributed by atoms with Gasteiger partial charge in [-0.25, -0.2) is 9.97 Å². The van der Waals surface area contributed by atoms with Crippen LogP contribution >= 0.6 is 0 Å². The number of nitrogens with zero attached hydrogens (tertiary/aromatic N) is 3. The monoisotopic (exact) mass is 294 g/mol. The van der Waals surface area contributed by atoms with E-state index in [9.17, 15) is 13.2 Å². The molecule has 0 aliphatic carbocycles. The van der Waals surface area contributed by atoms with Crippen molar-refractivity contribution in [2.75, 3.05) is 11.9 Å². The third kappa shape index (κ3) is 2.39. The molecule has 4 nitrogen and oxygen atoms in total. The van der Waals surface area contributed by atoms with Gasteiger partial charge in [-0.2, -0.15) is 13.2 Å². The first kappa shape index (κ1) is 13.7. The number of hydrogen-bond donors (Lipinski definition) is 1. The third-order valence-electron chi connectivity index (χ3n) is 3.19. The van der Waals surface area contributed by atoms with Crippen LogP contribution in [0.3, 0.4) is 0 Å². The minimum Gasteiger partial charge on any atom is -0.367 e. The fourth-order valence-corrected chi connectivity index (χ4v) is 2.20. The van der Waals surface area contributed by atoms with Crippen molar-refractivity contribution in [2.24, 2.45) is 0 Å². The van der Waals surface area contributed by atoms with E-state index < -0.39 is 11.7 Å². The quantitative estimate of drug-likeness (QED) is 0.800. The Morgan fingerprint density at radius 1 is 1.29 bits per heavy atom. The Bertz CT molecular complexity index is 792. The molecule has 3 rings (SSSR count). The Hall–Kier alpha value is -2.31. The van der Waals surface area contributed by atoms with Gasteiger partial charge in [-0.05, 0) is 24.6 Å². The zero-order valence-electron chi connectivity index (χ0n) is 11.3. The largest absolute Gasteiger partial charge is 0.416 e. The van der Waals surface area contributed by atoms with Crippen molar-refractivity contribution in [2.45, 2.75) is 19.5 Å². The van der Waals surface area contributed by atoms with Crippen molar-refractivity contribution in [1.29, 1.82) is 0 Å². The van der Waals surface area contributed by atoms with Gasteiger partial charge in [-0.1, -0.05) is 6.92 Å². The lowest BCUT2D eigenvalue weighted by atomic mass is 10.2. The molecule has 7 heteroatoms. The Kier molecular flexibility index (Phi) is 3.19. The fraction of sp³-hybridized carbons (Fsp3) is 0.286. The zero-order chi connectivity index (χ0) is 15.0. The minimum absolute atomic E-state index is 0.286. The van der Waals surface area contributed by atoms with Crippen LogP contribution in [-0.4, -0.2) is 20.9 Å². The summed E-state index contributed by atoms with van der Waals surface area (Å²) < 4.78 is 40.2.